The predicted octanol–water partition coefficient (Wildman–Crippen LogP) is 3.68. The van der Waals surface area contributed by atoms with Gasteiger partial charge in [-0.05, 0) is 36.4 Å². The van der Waals surface area contributed by atoms with Crippen molar-refractivity contribution in [3.8, 4) is 17.2 Å². The van der Waals surface area contributed by atoms with Crippen molar-refractivity contribution >= 4 is 33.1 Å². The number of hydrogen-bond acceptors (Lipinski definition) is 9. The van der Waals surface area contributed by atoms with Crippen LogP contribution in [0.2, 0.25) is 0 Å². The summed E-state index contributed by atoms with van der Waals surface area (Å²) in [4.78, 5) is 11.7. The van der Waals surface area contributed by atoms with Crippen molar-refractivity contribution in [2.45, 2.75) is 6.61 Å². The fourth-order valence-electron chi connectivity index (χ4n) is 2.54. The molecule has 4 rings (SSSR count). The largest absolute Gasteiger partial charge is 0.508 e. The van der Waals surface area contributed by atoms with E-state index in [1.807, 2.05) is 24.3 Å². The molecule has 8 nitrogen and oxygen atoms in total. The monoisotopic (exact) mass is 397 g/mol. The van der Waals surface area contributed by atoms with Crippen LogP contribution in [0.25, 0.3) is 11.0 Å². The molecule has 0 aliphatic carbocycles. The maximum absolute atomic E-state index is 11.7. The molecule has 0 bridgehead atoms. The molecule has 0 amide bonds. The molecule has 28 heavy (non-hydrogen) atoms. The van der Waals surface area contributed by atoms with Gasteiger partial charge in [0.15, 0.2) is 5.01 Å². The number of nitrogens with zero attached hydrogens (tertiary/aromatic N) is 2. The first-order valence-electron chi connectivity index (χ1n) is 8.24. The lowest BCUT2D eigenvalue weighted by Crippen LogP contribution is -2.02. The number of aromatic hydroxyl groups is 1. The van der Waals surface area contributed by atoms with E-state index in [4.69, 9.17) is 13.9 Å². The predicted molar refractivity (Wildman–Crippen MR) is 105 cm³/mol. The van der Waals surface area contributed by atoms with Gasteiger partial charge in [-0.1, -0.05) is 11.3 Å². The number of benzene rings is 2. The summed E-state index contributed by atoms with van der Waals surface area (Å²) in [5.74, 6) is 1.13. The molecular formula is C19H15N3O5S. The highest BCUT2D eigenvalue weighted by atomic mass is 32.1. The van der Waals surface area contributed by atoms with Crippen LogP contribution in [0.3, 0.4) is 0 Å². The van der Waals surface area contributed by atoms with Gasteiger partial charge in [0, 0.05) is 11.8 Å². The van der Waals surface area contributed by atoms with E-state index in [0.29, 0.717) is 21.3 Å². The molecule has 0 saturated carbocycles. The Morgan fingerprint density at radius 1 is 1.14 bits per heavy atom. The Labute approximate surface area is 163 Å². The summed E-state index contributed by atoms with van der Waals surface area (Å²) >= 11 is 1.34. The molecule has 2 N–H and O–H groups in total. The average molecular weight is 397 g/mol. The third-order valence-electron chi connectivity index (χ3n) is 3.85. The first-order chi connectivity index (χ1) is 13.6. The van der Waals surface area contributed by atoms with Crippen LogP contribution in [0.15, 0.2) is 57.7 Å². The minimum atomic E-state index is -0.563. The van der Waals surface area contributed by atoms with Crippen molar-refractivity contribution in [1.82, 2.24) is 10.2 Å². The maximum Gasteiger partial charge on any atom is 0.339 e. The molecule has 4 aromatic rings. The smallest absolute Gasteiger partial charge is 0.339 e. The summed E-state index contributed by atoms with van der Waals surface area (Å²) in [6.07, 6.45) is 0. The molecule has 2 aromatic heterocycles. The minimum Gasteiger partial charge on any atom is -0.508 e. The van der Waals surface area contributed by atoms with E-state index in [1.54, 1.807) is 13.2 Å². The van der Waals surface area contributed by atoms with Crippen LogP contribution in [0.1, 0.15) is 5.01 Å². The molecule has 0 saturated heterocycles. The number of nitrogens with one attached hydrogen (secondary N) is 1. The molecule has 2 aromatic carbocycles. The van der Waals surface area contributed by atoms with Crippen LogP contribution < -0.4 is 20.4 Å². The quantitative estimate of drug-likeness (QED) is 0.475. The van der Waals surface area contributed by atoms with Crippen LogP contribution in [0, 0.1) is 0 Å². The fourth-order valence-corrected chi connectivity index (χ4v) is 3.21. The van der Waals surface area contributed by atoms with Gasteiger partial charge in [0.25, 0.3) is 0 Å². The van der Waals surface area contributed by atoms with E-state index >= 15 is 0 Å². The molecule has 0 radical (unpaired) electrons. The third kappa shape index (κ3) is 3.89. The summed E-state index contributed by atoms with van der Waals surface area (Å²) in [6.45, 7) is 0.140. The zero-order chi connectivity index (χ0) is 19.5. The number of fused-ring (bicyclic) bond motifs is 1. The van der Waals surface area contributed by atoms with E-state index in [9.17, 15) is 9.90 Å². The summed E-state index contributed by atoms with van der Waals surface area (Å²) in [6, 6.07) is 13.2. The second-order valence-corrected chi connectivity index (χ2v) is 6.82. The Balaban J connectivity index is 1.47. The van der Waals surface area contributed by atoms with Crippen LogP contribution >= 0.6 is 11.3 Å². The number of methoxy groups -OCH3 is 1. The van der Waals surface area contributed by atoms with E-state index in [1.165, 1.54) is 29.5 Å². The van der Waals surface area contributed by atoms with E-state index < -0.39 is 5.63 Å². The van der Waals surface area contributed by atoms with Crippen molar-refractivity contribution in [1.29, 1.82) is 0 Å². The second kappa shape index (κ2) is 7.57. The highest BCUT2D eigenvalue weighted by Gasteiger charge is 2.10. The first kappa shape index (κ1) is 17.8. The summed E-state index contributed by atoms with van der Waals surface area (Å²) in [5.41, 5.74) is 0.546. The van der Waals surface area contributed by atoms with Gasteiger partial charge in [-0.3, -0.25) is 0 Å². The van der Waals surface area contributed by atoms with Gasteiger partial charge < -0.3 is 24.3 Å². The maximum atomic E-state index is 11.7. The number of phenolic OH excluding ortho intramolecular Hbond substituents is 1. The van der Waals surface area contributed by atoms with E-state index in [0.717, 1.165) is 11.4 Å². The van der Waals surface area contributed by atoms with Crippen LogP contribution in [-0.2, 0) is 6.61 Å². The van der Waals surface area contributed by atoms with Crippen LogP contribution in [0.4, 0.5) is 10.8 Å². The lowest BCUT2D eigenvalue weighted by atomic mass is 10.2. The molecule has 9 heteroatoms. The molecule has 0 aliphatic heterocycles. The van der Waals surface area contributed by atoms with Gasteiger partial charge in [0.1, 0.15) is 29.4 Å². The zero-order valence-corrected chi connectivity index (χ0v) is 15.5. The van der Waals surface area contributed by atoms with Crippen LogP contribution in [0.5, 0.6) is 17.2 Å². The summed E-state index contributed by atoms with van der Waals surface area (Å²) in [7, 11) is 1.61. The Morgan fingerprint density at radius 3 is 2.75 bits per heavy atom. The van der Waals surface area contributed by atoms with Crippen molar-refractivity contribution in [3.05, 3.63) is 64.0 Å². The van der Waals surface area contributed by atoms with Crippen molar-refractivity contribution in [2.75, 3.05) is 12.4 Å². The molecular weight excluding hydrogens is 382 g/mol. The number of aromatic nitrogens is 2. The lowest BCUT2D eigenvalue weighted by molar-refractivity contribution is 0.305. The first-order valence-corrected chi connectivity index (χ1v) is 9.05. The van der Waals surface area contributed by atoms with E-state index in [2.05, 4.69) is 15.5 Å². The fraction of sp³-hybridized carbons (Fsp3) is 0.105. The number of anilines is 2. The Kier molecular flexibility index (Phi) is 4.81. The molecule has 142 valence electrons. The Bertz CT molecular complexity index is 1170. The number of rotatable bonds is 6. The zero-order valence-electron chi connectivity index (χ0n) is 14.7. The van der Waals surface area contributed by atoms with E-state index in [-0.39, 0.29) is 17.9 Å². The Morgan fingerprint density at radius 2 is 1.96 bits per heavy atom. The summed E-state index contributed by atoms with van der Waals surface area (Å²) < 4.78 is 16.0. The average Bonchev–Trinajstić information content (AvgIpc) is 3.13. The number of hydrogen-bond donors (Lipinski definition) is 2. The normalized spacial score (nSPS) is 10.8. The topological polar surface area (TPSA) is 107 Å². The highest BCUT2D eigenvalue weighted by Crippen LogP contribution is 2.28. The molecule has 0 unspecified atom stereocenters. The molecule has 2 heterocycles. The van der Waals surface area contributed by atoms with Gasteiger partial charge >= 0.3 is 5.63 Å². The SMILES string of the molecule is COc1ccc(Nc2nnc(COc3cc(=O)oc4cc(O)ccc34)s2)cc1. The minimum absolute atomic E-state index is 0.00571. The number of phenols is 1. The van der Waals surface area contributed by atoms with Gasteiger partial charge in [0.2, 0.25) is 5.13 Å². The van der Waals surface area contributed by atoms with Crippen molar-refractivity contribution < 1.29 is 19.0 Å². The number of ether oxygens (including phenoxy) is 2. The van der Waals surface area contributed by atoms with Gasteiger partial charge in [-0.15, -0.1) is 10.2 Å². The standard InChI is InChI=1S/C19H15N3O5S/c1-25-13-5-2-11(3-6-13)20-19-22-21-17(28-19)10-26-15-9-18(24)27-16-8-12(23)4-7-14(15)16/h2-9,23H,10H2,1H3,(H,20,22). The van der Waals surface area contributed by atoms with Crippen molar-refractivity contribution in [2.24, 2.45) is 0 Å². The molecule has 0 atom stereocenters. The molecule has 0 fully saturated rings. The highest BCUT2D eigenvalue weighted by molar-refractivity contribution is 7.15. The molecule has 0 aliphatic rings. The van der Waals surface area contributed by atoms with Gasteiger partial charge in [-0.2, -0.15) is 0 Å². The molecule has 0 spiro atoms. The van der Waals surface area contributed by atoms with Gasteiger partial charge in [0.05, 0.1) is 18.6 Å². The lowest BCUT2D eigenvalue weighted by Gasteiger charge is -2.06. The van der Waals surface area contributed by atoms with Crippen molar-refractivity contribution in [3.63, 3.8) is 0 Å². The van der Waals surface area contributed by atoms with Gasteiger partial charge in [-0.25, -0.2) is 4.79 Å². The second-order valence-electron chi connectivity index (χ2n) is 5.75. The Hall–Kier alpha value is -3.59. The van der Waals surface area contributed by atoms with Crippen LogP contribution in [-0.4, -0.2) is 22.4 Å². The third-order valence-corrected chi connectivity index (χ3v) is 4.66. The summed E-state index contributed by atoms with van der Waals surface area (Å²) in [5, 5.41) is 22.7.